The van der Waals surface area contributed by atoms with Crippen molar-refractivity contribution in [2.45, 2.75) is 18.8 Å². The summed E-state index contributed by atoms with van der Waals surface area (Å²) in [6.45, 7) is 0. The number of hydrogen-bond acceptors (Lipinski definition) is 5. The van der Waals surface area contributed by atoms with Crippen LogP contribution in [0.25, 0.3) is 17.5 Å². The van der Waals surface area contributed by atoms with Gasteiger partial charge in [0.25, 0.3) is 0 Å². The van der Waals surface area contributed by atoms with Crippen LogP contribution in [0, 0.1) is 0 Å². The van der Waals surface area contributed by atoms with Crippen LogP contribution in [-0.2, 0) is 14.8 Å². The molecule has 1 aromatic heterocycles. The average molecular weight is 423 g/mol. The lowest BCUT2D eigenvalue weighted by Gasteiger charge is -2.04. The highest BCUT2D eigenvalue weighted by molar-refractivity contribution is 7.92. The maximum absolute atomic E-state index is 12.2. The number of aromatic nitrogens is 3. The number of aromatic amines is 1. The minimum absolute atomic E-state index is 0.269. The number of rotatable bonds is 7. The van der Waals surface area contributed by atoms with Crippen molar-refractivity contribution in [1.82, 2.24) is 15.2 Å². The molecule has 0 saturated heterocycles. The van der Waals surface area contributed by atoms with Gasteiger partial charge in [0.1, 0.15) is 5.82 Å². The molecule has 1 aliphatic rings. The van der Waals surface area contributed by atoms with Crippen molar-refractivity contribution < 1.29 is 13.2 Å². The van der Waals surface area contributed by atoms with Crippen LogP contribution in [0.2, 0.25) is 0 Å². The van der Waals surface area contributed by atoms with Gasteiger partial charge in [-0.15, -0.1) is 0 Å². The molecule has 1 heterocycles. The standard InChI is InChI=1S/C21H21N5O3S/c1-30(28,29)26-18-9-2-14(3-10-18)4-13-19(27)22-17-11-7-16(8-12-17)21-23-20(24-25-21)15-5-6-15/h2-4,7-13,15,26H,5-6H2,1H3,(H,22,27)(H,23,24,25)/b13-4+. The molecule has 2 aromatic carbocycles. The second-order valence-corrected chi connectivity index (χ2v) is 8.96. The van der Waals surface area contributed by atoms with Gasteiger partial charge in [0.15, 0.2) is 5.82 Å². The Morgan fingerprint density at radius 1 is 1.07 bits per heavy atom. The van der Waals surface area contributed by atoms with E-state index in [1.54, 1.807) is 42.5 Å². The van der Waals surface area contributed by atoms with Crippen LogP contribution >= 0.6 is 0 Å². The summed E-state index contributed by atoms with van der Waals surface area (Å²) in [5.41, 5.74) is 2.79. The Kier molecular flexibility index (Phi) is 5.37. The van der Waals surface area contributed by atoms with Gasteiger partial charge in [0.2, 0.25) is 15.9 Å². The van der Waals surface area contributed by atoms with E-state index in [0.717, 1.165) is 36.0 Å². The van der Waals surface area contributed by atoms with Crippen LogP contribution in [0.3, 0.4) is 0 Å². The zero-order valence-corrected chi connectivity index (χ0v) is 17.1. The number of H-pyrrole nitrogens is 1. The summed E-state index contributed by atoms with van der Waals surface area (Å²) in [5, 5.41) is 10.0. The summed E-state index contributed by atoms with van der Waals surface area (Å²) < 4.78 is 24.8. The molecule has 1 saturated carbocycles. The van der Waals surface area contributed by atoms with Crippen molar-refractivity contribution in [2.75, 3.05) is 16.3 Å². The molecule has 0 bridgehead atoms. The highest BCUT2D eigenvalue weighted by Crippen LogP contribution is 2.38. The molecule has 30 heavy (non-hydrogen) atoms. The number of nitrogens with one attached hydrogen (secondary N) is 3. The zero-order chi connectivity index (χ0) is 21.1. The maximum atomic E-state index is 12.2. The van der Waals surface area contributed by atoms with Gasteiger partial charge in [0, 0.05) is 28.9 Å². The van der Waals surface area contributed by atoms with Gasteiger partial charge in [-0.3, -0.25) is 14.6 Å². The largest absolute Gasteiger partial charge is 0.323 e. The normalized spacial score (nSPS) is 14.0. The van der Waals surface area contributed by atoms with E-state index in [1.165, 1.54) is 6.08 Å². The third-order valence-corrected chi connectivity index (χ3v) is 5.12. The first kappa shape index (κ1) is 19.8. The van der Waals surface area contributed by atoms with Crippen LogP contribution in [0.1, 0.15) is 30.1 Å². The first-order valence-electron chi connectivity index (χ1n) is 9.45. The zero-order valence-electron chi connectivity index (χ0n) is 16.3. The van der Waals surface area contributed by atoms with Crippen molar-refractivity contribution in [3.63, 3.8) is 0 Å². The van der Waals surface area contributed by atoms with Crippen LogP contribution in [0.5, 0.6) is 0 Å². The minimum Gasteiger partial charge on any atom is -0.323 e. The van der Waals surface area contributed by atoms with Gasteiger partial charge >= 0.3 is 0 Å². The highest BCUT2D eigenvalue weighted by Gasteiger charge is 2.27. The number of amides is 1. The molecule has 1 aliphatic carbocycles. The van der Waals surface area contributed by atoms with Gasteiger partial charge in [0.05, 0.1) is 6.26 Å². The summed E-state index contributed by atoms with van der Waals surface area (Å²) in [4.78, 5) is 16.7. The molecular weight excluding hydrogens is 402 g/mol. The van der Waals surface area contributed by atoms with Gasteiger partial charge in [-0.2, -0.15) is 5.10 Å². The van der Waals surface area contributed by atoms with E-state index in [0.29, 0.717) is 23.1 Å². The first-order valence-corrected chi connectivity index (χ1v) is 11.3. The van der Waals surface area contributed by atoms with Crippen molar-refractivity contribution >= 4 is 33.4 Å². The third kappa shape index (κ3) is 5.32. The third-order valence-electron chi connectivity index (χ3n) is 4.52. The molecule has 3 N–H and O–H groups in total. The second kappa shape index (κ2) is 8.11. The molecule has 1 fully saturated rings. The van der Waals surface area contributed by atoms with E-state index in [2.05, 4.69) is 25.2 Å². The van der Waals surface area contributed by atoms with E-state index in [9.17, 15) is 13.2 Å². The van der Waals surface area contributed by atoms with E-state index < -0.39 is 10.0 Å². The smallest absolute Gasteiger partial charge is 0.248 e. The number of benzene rings is 2. The molecule has 1 amide bonds. The monoisotopic (exact) mass is 423 g/mol. The number of carbonyl (C=O) groups excluding carboxylic acids is 1. The highest BCUT2D eigenvalue weighted by atomic mass is 32.2. The molecule has 0 aliphatic heterocycles. The van der Waals surface area contributed by atoms with Crippen molar-refractivity contribution in [3.8, 4) is 11.4 Å². The lowest BCUT2D eigenvalue weighted by molar-refractivity contribution is -0.111. The Morgan fingerprint density at radius 3 is 2.37 bits per heavy atom. The van der Waals surface area contributed by atoms with Crippen LogP contribution in [0.15, 0.2) is 54.6 Å². The lowest BCUT2D eigenvalue weighted by atomic mass is 10.2. The lowest BCUT2D eigenvalue weighted by Crippen LogP contribution is -2.09. The Balaban J connectivity index is 1.34. The Hall–Kier alpha value is -3.46. The van der Waals surface area contributed by atoms with E-state index in [-0.39, 0.29) is 5.91 Å². The van der Waals surface area contributed by atoms with Crippen molar-refractivity contribution in [1.29, 1.82) is 0 Å². The fourth-order valence-corrected chi connectivity index (χ4v) is 3.44. The van der Waals surface area contributed by atoms with Gasteiger partial charge < -0.3 is 5.32 Å². The first-order chi connectivity index (χ1) is 14.4. The predicted molar refractivity (Wildman–Crippen MR) is 116 cm³/mol. The quantitative estimate of drug-likeness (QED) is 0.504. The molecule has 0 atom stereocenters. The van der Waals surface area contributed by atoms with E-state index in [1.807, 2.05) is 12.1 Å². The molecule has 9 heteroatoms. The fourth-order valence-electron chi connectivity index (χ4n) is 2.88. The molecule has 0 radical (unpaired) electrons. The van der Waals surface area contributed by atoms with Crippen molar-refractivity contribution in [2.24, 2.45) is 0 Å². The number of nitrogens with zero attached hydrogens (tertiary/aromatic N) is 2. The molecule has 3 aromatic rings. The number of carbonyl (C=O) groups is 1. The minimum atomic E-state index is -3.31. The number of sulfonamides is 1. The number of anilines is 2. The molecule has 154 valence electrons. The number of hydrogen-bond donors (Lipinski definition) is 3. The maximum Gasteiger partial charge on any atom is 0.248 e. The second-order valence-electron chi connectivity index (χ2n) is 7.21. The van der Waals surface area contributed by atoms with Crippen LogP contribution in [-0.4, -0.2) is 35.8 Å². The Labute approximate surface area is 174 Å². The molecule has 8 nitrogen and oxygen atoms in total. The summed E-state index contributed by atoms with van der Waals surface area (Å²) in [6, 6.07) is 14.1. The fraction of sp³-hybridized carbons (Fsp3) is 0.190. The Bertz CT molecular complexity index is 1180. The van der Waals surface area contributed by atoms with E-state index >= 15 is 0 Å². The topological polar surface area (TPSA) is 117 Å². The van der Waals surface area contributed by atoms with Crippen LogP contribution in [0.4, 0.5) is 11.4 Å². The summed E-state index contributed by atoms with van der Waals surface area (Å²) >= 11 is 0. The summed E-state index contributed by atoms with van der Waals surface area (Å²) in [6.07, 6.45) is 6.49. The van der Waals surface area contributed by atoms with Gasteiger partial charge in [-0.05, 0) is 60.9 Å². The van der Waals surface area contributed by atoms with Crippen molar-refractivity contribution in [3.05, 3.63) is 66.0 Å². The van der Waals surface area contributed by atoms with Crippen LogP contribution < -0.4 is 10.0 Å². The summed E-state index contributed by atoms with van der Waals surface area (Å²) in [5.74, 6) is 1.84. The van der Waals surface area contributed by atoms with Gasteiger partial charge in [-0.1, -0.05) is 12.1 Å². The molecule has 0 spiro atoms. The summed E-state index contributed by atoms with van der Waals surface area (Å²) in [7, 11) is -3.31. The SMILES string of the molecule is CS(=O)(=O)Nc1ccc(/C=C/C(=O)Nc2ccc(-c3n[nH]c(C4CC4)n3)cc2)cc1. The molecular formula is C21H21N5O3S. The molecule has 4 rings (SSSR count). The van der Waals surface area contributed by atoms with Gasteiger partial charge in [-0.25, -0.2) is 13.4 Å². The molecule has 0 unspecified atom stereocenters. The predicted octanol–water partition coefficient (Wildman–Crippen LogP) is 3.37. The Morgan fingerprint density at radius 2 is 1.73 bits per heavy atom. The average Bonchev–Trinajstić information content (AvgIpc) is 3.44. The van der Waals surface area contributed by atoms with E-state index in [4.69, 9.17) is 0 Å².